The Labute approximate surface area is 326 Å². The highest BCUT2D eigenvalue weighted by Crippen LogP contribution is 2.31. The second-order valence-electron chi connectivity index (χ2n) is 13.8. The molecule has 0 bridgehead atoms. The monoisotopic (exact) mass is 803 g/mol. The van der Waals surface area contributed by atoms with Crippen molar-refractivity contribution >= 4 is 46.5 Å². The molecule has 0 unspecified atom stereocenters. The molecule has 1 aromatic heterocycles. The lowest BCUT2D eigenvalue weighted by molar-refractivity contribution is -0.140. The van der Waals surface area contributed by atoms with Crippen LogP contribution in [0.25, 0.3) is 10.9 Å². The maximum atomic E-state index is 13.8. The van der Waals surface area contributed by atoms with Crippen molar-refractivity contribution in [1.29, 1.82) is 5.26 Å². The van der Waals surface area contributed by atoms with E-state index in [1.54, 1.807) is 39.0 Å². The largest absolute Gasteiger partial charge is 0.491 e. The van der Waals surface area contributed by atoms with Crippen molar-refractivity contribution in [2.45, 2.75) is 24.8 Å². The molecule has 310 valence electrons. The quantitative estimate of drug-likeness (QED) is 0.129. The number of hydrogen-bond donors (Lipinski definition) is 5. The predicted molar refractivity (Wildman–Crippen MR) is 197 cm³/mol. The van der Waals surface area contributed by atoms with Crippen molar-refractivity contribution in [3.05, 3.63) is 36.0 Å². The maximum Gasteiger partial charge on any atom is 0.317 e. The minimum atomic E-state index is -3.18. The maximum absolute atomic E-state index is 13.8. The number of amides is 3. The Kier molecular flexibility index (Phi) is 16.3. The third-order valence-electron chi connectivity index (χ3n) is 9.39. The molecule has 3 heterocycles. The van der Waals surface area contributed by atoms with Gasteiger partial charge in [0.2, 0.25) is 11.8 Å². The number of nitrogens with zero attached hydrogens (tertiary/aromatic N) is 7. The molecular formula is C36H47F2N9O10. The Morgan fingerprint density at radius 2 is 1.37 bits per heavy atom. The van der Waals surface area contributed by atoms with Crippen LogP contribution in [0.3, 0.4) is 0 Å². The van der Waals surface area contributed by atoms with Crippen LogP contribution in [-0.2, 0) is 24.0 Å². The number of carbonyl (C=O) groups excluding carboxylic acids is 3. The van der Waals surface area contributed by atoms with Crippen molar-refractivity contribution in [1.82, 2.24) is 40.1 Å². The Bertz CT molecular complexity index is 1780. The fourth-order valence-corrected chi connectivity index (χ4v) is 6.54. The standard InChI is InChI=1S/C36H47F2N9O10/c37-36(38)17-25(18-39)47(24-36)30(49)19-42-35(56)27-5-7-41-34-26(27)3-1-4-28(34)57-16-2-6-40-29(48)20-43-8-10-44(21-31(50)51)12-14-46(23-33(54)55)15-13-45(11-9-43)22-32(52)53/h1,3-5,7,25H,2,6,8-17,19-24H2,(H,40,48)(H,42,56)(H,50,51)(H,52,53)(H,54,55)/t25-/m0/s1. The van der Waals surface area contributed by atoms with Crippen molar-refractivity contribution in [2.75, 3.05) is 105 Å². The number of ether oxygens (including phenoxy) is 1. The fourth-order valence-electron chi connectivity index (χ4n) is 6.54. The summed E-state index contributed by atoms with van der Waals surface area (Å²) in [4.78, 5) is 85.0. The number of carboxylic acid groups (broad SMARTS) is 3. The minimum absolute atomic E-state index is 0.0408. The SMILES string of the molecule is N#C[C@@H]1CC(F)(F)CN1C(=O)CNC(=O)c1ccnc2c(OCCCNC(=O)CN3CCN(CC(=O)O)CCN(CC(=O)O)CCN(CC(=O)O)CC3)cccc12. The van der Waals surface area contributed by atoms with Gasteiger partial charge in [0.25, 0.3) is 11.8 Å². The van der Waals surface area contributed by atoms with Gasteiger partial charge in [-0.05, 0) is 18.6 Å². The first-order chi connectivity index (χ1) is 27.1. The second-order valence-corrected chi connectivity index (χ2v) is 13.8. The van der Waals surface area contributed by atoms with Crippen LogP contribution >= 0.6 is 0 Å². The predicted octanol–water partition coefficient (Wildman–Crippen LogP) is -0.915. The van der Waals surface area contributed by atoms with Crippen LogP contribution in [0.1, 0.15) is 23.2 Å². The van der Waals surface area contributed by atoms with E-state index in [0.29, 0.717) is 36.2 Å². The van der Waals surface area contributed by atoms with Gasteiger partial charge in [0.15, 0.2) is 0 Å². The summed E-state index contributed by atoms with van der Waals surface area (Å²) in [5.74, 6) is -7.76. The summed E-state index contributed by atoms with van der Waals surface area (Å²) in [7, 11) is 0. The molecule has 2 aliphatic heterocycles. The average molecular weight is 804 g/mol. The van der Waals surface area contributed by atoms with Gasteiger partial charge in [0, 0.05) is 76.9 Å². The van der Waals surface area contributed by atoms with E-state index in [9.17, 15) is 52.9 Å². The summed E-state index contributed by atoms with van der Waals surface area (Å²) in [6, 6.07) is 6.77. The van der Waals surface area contributed by atoms with Crippen LogP contribution in [0.4, 0.5) is 8.78 Å². The van der Waals surface area contributed by atoms with Crippen LogP contribution < -0.4 is 15.4 Å². The number of para-hydroxylation sites is 1. The highest BCUT2D eigenvalue weighted by molar-refractivity contribution is 6.08. The number of alkyl halides is 2. The molecular weight excluding hydrogens is 756 g/mol. The number of benzene rings is 1. The van der Waals surface area contributed by atoms with E-state index in [1.807, 2.05) is 4.90 Å². The van der Waals surface area contributed by atoms with E-state index in [2.05, 4.69) is 15.6 Å². The Morgan fingerprint density at radius 3 is 1.89 bits per heavy atom. The van der Waals surface area contributed by atoms with Gasteiger partial charge in [0.05, 0.1) is 57.5 Å². The molecule has 0 radical (unpaired) electrons. The topological polar surface area (TPSA) is 249 Å². The molecule has 0 aliphatic carbocycles. The normalized spacial score (nSPS) is 18.8. The average Bonchev–Trinajstić information content (AvgIpc) is 3.48. The number of aliphatic carboxylic acids is 3. The Balaban J connectivity index is 1.29. The molecule has 19 nitrogen and oxygen atoms in total. The van der Waals surface area contributed by atoms with E-state index in [4.69, 9.17) is 10.00 Å². The molecule has 2 aromatic rings. The zero-order valence-electron chi connectivity index (χ0n) is 31.3. The summed E-state index contributed by atoms with van der Waals surface area (Å²) in [5.41, 5.74) is 0.510. The Morgan fingerprint density at radius 1 is 0.825 bits per heavy atom. The van der Waals surface area contributed by atoms with Gasteiger partial charge in [-0.25, -0.2) is 8.78 Å². The molecule has 0 spiro atoms. The number of nitrogens with one attached hydrogen (secondary N) is 2. The van der Waals surface area contributed by atoms with Gasteiger partial charge < -0.3 is 35.6 Å². The Hall–Kier alpha value is -5.56. The fraction of sp³-hybridized carbons (Fsp3) is 0.556. The smallest absolute Gasteiger partial charge is 0.317 e. The van der Waals surface area contributed by atoms with Gasteiger partial charge in [-0.2, -0.15) is 5.26 Å². The van der Waals surface area contributed by atoms with Gasteiger partial charge >= 0.3 is 17.9 Å². The molecule has 3 amide bonds. The molecule has 57 heavy (non-hydrogen) atoms. The lowest BCUT2D eigenvalue weighted by atomic mass is 10.1. The minimum Gasteiger partial charge on any atom is -0.491 e. The summed E-state index contributed by atoms with van der Waals surface area (Å²) >= 11 is 0. The highest BCUT2D eigenvalue weighted by atomic mass is 19.3. The number of halogens is 2. The van der Waals surface area contributed by atoms with Crippen molar-refractivity contribution < 1.29 is 57.6 Å². The number of fused-ring (bicyclic) bond motifs is 1. The second kappa shape index (κ2) is 21.1. The number of rotatable bonds is 16. The summed E-state index contributed by atoms with van der Waals surface area (Å²) in [6.45, 7) is 0.223. The zero-order valence-corrected chi connectivity index (χ0v) is 31.3. The molecule has 2 aliphatic rings. The third-order valence-corrected chi connectivity index (χ3v) is 9.39. The molecule has 21 heteroatoms. The molecule has 0 saturated carbocycles. The van der Waals surface area contributed by atoms with Crippen LogP contribution in [0.15, 0.2) is 30.5 Å². The first kappa shape index (κ1) is 44.2. The lowest BCUT2D eigenvalue weighted by Gasteiger charge is -2.32. The number of nitriles is 1. The summed E-state index contributed by atoms with van der Waals surface area (Å²) in [6.07, 6.45) is 1.00. The van der Waals surface area contributed by atoms with E-state index in [-0.39, 0.29) is 90.1 Å². The molecule has 5 N–H and O–H groups in total. The molecule has 1 atom stereocenters. The van der Waals surface area contributed by atoms with Crippen molar-refractivity contribution in [3.8, 4) is 11.8 Å². The molecule has 2 saturated heterocycles. The van der Waals surface area contributed by atoms with E-state index < -0.39 is 61.2 Å². The van der Waals surface area contributed by atoms with Crippen LogP contribution in [-0.4, -0.2) is 197 Å². The number of carboxylic acids is 3. The number of likely N-dealkylation sites (tertiary alicyclic amines) is 1. The lowest BCUT2D eigenvalue weighted by Crippen LogP contribution is -2.49. The first-order valence-corrected chi connectivity index (χ1v) is 18.3. The summed E-state index contributed by atoms with van der Waals surface area (Å²) < 4.78 is 33.5. The van der Waals surface area contributed by atoms with Crippen molar-refractivity contribution in [2.24, 2.45) is 0 Å². The van der Waals surface area contributed by atoms with Crippen LogP contribution in [0, 0.1) is 11.3 Å². The molecule has 4 rings (SSSR count). The zero-order chi connectivity index (χ0) is 41.5. The van der Waals surface area contributed by atoms with Gasteiger partial charge in [0.1, 0.15) is 17.3 Å². The number of aromatic nitrogens is 1. The van der Waals surface area contributed by atoms with E-state index >= 15 is 0 Å². The number of hydrogen-bond acceptors (Lipinski definition) is 13. The summed E-state index contributed by atoms with van der Waals surface area (Å²) in [5, 5.41) is 43.0. The first-order valence-electron chi connectivity index (χ1n) is 18.3. The van der Waals surface area contributed by atoms with Crippen molar-refractivity contribution in [3.63, 3.8) is 0 Å². The highest BCUT2D eigenvalue weighted by Gasteiger charge is 2.47. The van der Waals surface area contributed by atoms with E-state index in [1.165, 1.54) is 12.3 Å². The molecule has 2 fully saturated rings. The molecule has 1 aromatic carbocycles. The van der Waals surface area contributed by atoms with E-state index in [0.717, 1.165) is 4.90 Å². The van der Waals surface area contributed by atoms with Crippen LogP contribution in [0.2, 0.25) is 0 Å². The number of carbonyl (C=O) groups is 6. The third kappa shape index (κ3) is 14.2. The number of pyridine rings is 1. The van der Waals surface area contributed by atoms with Gasteiger partial charge in [-0.3, -0.25) is 53.4 Å². The van der Waals surface area contributed by atoms with Gasteiger partial charge in [-0.15, -0.1) is 0 Å². The van der Waals surface area contributed by atoms with Gasteiger partial charge in [-0.1, -0.05) is 12.1 Å². The van der Waals surface area contributed by atoms with Crippen LogP contribution in [0.5, 0.6) is 5.75 Å².